The average molecular weight is 377 g/mol. The van der Waals surface area contributed by atoms with E-state index < -0.39 is 0 Å². The summed E-state index contributed by atoms with van der Waals surface area (Å²) in [7, 11) is 0. The van der Waals surface area contributed by atoms with Crippen LogP contribution in [0.25, 0.3) is 0 Å². The molecule has 0 unspecified atom stereocenters. The molecule has 1 aliphatic heterocycles. The lowest BCUT2D eigenvalue weighted by Gasteiger charge is -2.36. The monoisotopic (exact) mass is 377 g/mol. The van der Waals surface area contributed by atoms with Gasteiger partial charge in [0.25, 0.3) is 5.91 Å². The predicted octanol–water partition coefficient (Wildman–Crippen LogP) is 3.78. The minimum atomic E-state index is 0.102. The average Bonchev–Trinajstić information content (AvgIpc) is 3.30. The summed E-state index contributed by atoms with van der Waals surface area (Å²) in [5, 5.41) is 3.04. The van der Waals surface area contributed by atoms with Gasteiger partial charge in [0.1, 0.15) is 0 Å². The van der Waals surface area contributed by atoms with E-state index in [-0.39, 0.29) is 17.7 Å². The molecule has 5 heteroatoms. The number of amides is 2. The molecule has 1 aliphatic carbocycles. The standard InChI is InChI=1S/C23H27N3O2/c27-22(18-6-4-5-7-18)24-20-10-12-21(13-11-20)25-14-16-26(17-15-25)23(28)19-8-2-1-3-9-19/h1-3,8-13,18H,4-7,14-17H2,(H,24,27). The Kier molecular flexibility index (Phi) is 5.60. The lowest BCUT2D eigenvalue weighted by Crippen LogP contribution is -2.48. The first-order valence-corrected chi connectivity index (χ1v) is 10.2. The molecule has 2 aliphatic rings. The van der Waals surface area contributed by atoms with Gasteiger partial charge in [0.05, 0.1) is 0 Å². The number of nitrogens with zero attached hydrogens (tertiary/aromatic N) is 2. The van der Waals surface area contributed by atoms with E-state index in [1.165, 1.54) is 0 Å². The van der Waals surface area contributed by atoms with Crippen molar-refractivity contribution < 1.29 is 9.59 Å². The van der Waals surface area contributed by atoms with Crippen molar-refractivity contribution in [1.82, 2.24) is 4.90 Å². The molecule has 28 heavy (non-hydrogen) atoms. The molecule has 0 aromatic heterocycles. The van der Waals surface area contributed by atoms with Crippen molar-refractivity contribution in [2.45, 2.75) is 25.7 Å². The first-order valence-electron chi connectivity index (χ1n) is 10.2. The van der Waals surface area contributed by atoms with Gasteiger partial charge in [-0.25, -0.2) is 0 Å². The second-order valence-electron chi connectivity index (χ2n) is 7.66. The summed E-state index contributed by atoms with van der Waals surface area (Å²) in [6.45, 7) is 3.06. The van der Waals surface area contributed by atoms with E-state index in [4.69, 9.17) is 0 Å². The van der Waals surface area contributed by atoms with Crippen LogP contribution in [0.1, 0.15) is 36.0 Å². The fraction of sp³-hybridized carbons (Fsp3) is 0.391. The molecule has 1 heterocycles. The van der Waals surface area contributed by atoms with Crippen molar-refractivity contribution in [2.75, 3.05) is 36.4 Å². The summed E-state index contributed by atoms with van der Waals surface area (Å²) in [4.78, 5) is 29.0. The van der Waals surface area contributed by atoms with E-state index in [9.17, 15) is 9.59 Å². The largest absolute Gasteiger partial charge is 0.368 e. The summed E-state index contributed by atoms with van der Waals surface area (Å²) in [6.07, 6.45) is 4.34. The predicted molar refractivity (Wildman–Crippen MR) is 112 cm³/mol. The number of carbonyl (C=O) groups is 2. The molecule has 4 rings (SSSR count). The Bertz CT molecular complexity index is 806. The van der Waals surface area contributed by atoms with Gasteiger partial charge in [-0.05, 0) is 49.2 Å². The molecule has 2 aromatic rings. The van der Waals surface area contributed by atoms with Crippen LogP contribution < -0.4 is 10.2 Å². The first-order chi connectivity index (χ1) is 13.7. The summed E-state index contributed by atoms with van der Waals surface area (Å²) < 4.78 is 0. The number of benzene rings is 2. The number of hydrogen-bond acceptors (Lipinski definition) is 3. The number of piperazine rings is 1. The molecule has 1 saturated heterocycles. The van der Waals surface area contributed by atoms with Crippen LogP contribution in [0.2, 0.25) is 0 Å². The number of anilines is 2. The molecule has 146 valence electrons. The highest BCUT2D eigenvalue weighted by molar-refractivity contribution is 5.94. The normalized spacial score (nSPS) is 17.6. The molecule has 2 amide bonds. The second-order valence-corrected chi connectivity index (χ2v) is 7.66. The third-order valence-electron chi connectivity index (χ3n) is 5.81. The Labute approximate surface area is 166 Å². The van der Waals surface area contributed by atoms with Gasteiger partial charge in [-0.15, -0.1) is 0 Å². The van der Waals surface area contributed by atoms with E-state index in [1.807, 2.05) is 47.4 Å². The maximum atomic E-state index is 12.6. The number of hydrogen-bond donors (Lipinski definition) is 1. The van der Waals surface area contributed by atoms with Crippen molar-refractivity contribution in [3.05, 3.63) is 60.2 Å². The molecular weight excluding hydrogens is 350 g/mol. The maximum absolute atomic E-state index is 12.6. The molecule has 1 N–H and O–H groups in total. The third kappa shape index (κ3) is 4.19. The van der Waals surface area contributed by atoms with Crippen LogP contribution >= 0.6 is 0 Å². The Hall–Kier alpha value is -2.82. The van der Waals surface area contributed by atoms with Crippen molar-refractivity contribution in [3.8, 4) is 0 Å². The highest BCUT2D eigenvalue weighted by atomic mass is 16.2. The highest BCUT2D eigenvalue weighted by Crippen LogP contribution is 2.26. The van der Waals surface area contributed by atoms with Crippen molar-refractivity contribution in [3.63, 3.8) is 0 Å². The zero-order valence-electron chi connectivity index (χ0n) is 16.1. The summed E-state index contributed by atoms with van der Waals surface area (Å²) >= 11 is 0. The van der Waals surface area contributed by atoms with E-state index in [2.05, 4.69) is 22.3 Å². The van der Waals surface area contributed by atoms with Gasteiger partial charge >= 0.3 is 0 Å². The molecule has 0 atom stereocenters. The number of nitrogens with one attached hydrogen (secondary N) is 1. The van der Waals surface area contributed by atoms with Crippen molar-refractivity contribution in [2.24, 2.45) is 5.92 Å². The van der Waals surface area contributed by atoms with Crippen LogP contribution in [-0.4, -0.2) is 42.9 Å². The lowest BCUT2D eigenvalue weighted by atomic mass is 10.1. The zero-order chi connectivity index (χ0) is 19.3. The third-order valence-corrected chi connectivity index (χ3v) is 5.81. The molecule has 2 aromatic carbocycles. The Morgan fingerprint density at radius 3 is 2.11 bits per heavy atom. The summed E-state index contributed by atoms with van der Waals surface area (Å²) in [5.74, 6) is 0.429. The van der Waals surface area contributed by atoms with Crippen LogP contribution in [0.5, 0.6) is 0 Å². The van der Waals surface area contributed by atoms with Crippen LogP contribution in [0.3, 0.4) is 0 Å². The number of carbonyl (C=O) groups excluding carboxylic acids is 2. The first kappa shape index (κ1) is 18.5. The van der Waals surface area contributed by atoms with E-state index in [0.29, 0.717) is 13.1 Å². The van der Waals surface area contributed by atoms with Crippen LogP contribution in [0, 0.1) is 5.92 Å². The SMILES string of the molecule is O=C(Nc1ccc(N2CCN(C(=O)c3ccccc3)CC2)cc1)C1CCCC1. The van der Waals surface area contributed by atoms with Crippen LogP contribution in [-0.2, 0) is 4.79 Å². The van der Waals surface area contributed by atoms with E-state index in [0.717, 1.165) is 55.7 Å². The zero-order valence-corrected chi connectivity index (χ0v) is 16.1. The molecule has 5 nitrogen and oxygen atoms in total. The van der Waals surface area contributed by atoms with Gasteiger partial charge in [-0.1, -0.05) is 31.0 Å². The van der Waals surface area contributed by atoms with Gasteiger partial charge in [0.2, 0.25) is 5.91 Å². The van der Waals surface area contributed by atoms with E-state index in [1.54, 1.807) is 0 Å². The molecular formula is C23H27N3O2. The van der Waals surface area contributed by atoms with Crippen LogP contribution in [0.15, 0.2) is 54.6 Å². The lowest BCUT2D eigenvalue weighted by molar-refractivity contribution is -0.119. The quantitative estimate of drug-likeness (QED) is 0.882. The smallest absolute Gasteiger partial charge is 0.253 e. The van der Waals surface area contributed by atoms with Crippen molar-refractivity contribution in [1.29, 1.82) is 0 Å². The molecule has 1 saturated carbocycles. The van der Waals surface area contributed by atoms with Gasteiger partial charge in [0.15, 0.2) is 0 Å². The van der Waals surface area contributed by atoms with Gasteiger partial charge < -0.3 is 15.1 Å². The van der Waals surface area contributed by atoms with Crippen molar-refractivity contribution >= 4 is 23.2 Å². The summed E-state index contributed by atoms with van der Waals surface area (Å²) in [5.41, 5.74) is 2.74. The van der Waals surface area contributed by atoms with Gasteiger partial charge in [-0.3, -0.25) is 9.59 Å². The molecule has 0 spiro atoms. The second kappa shape index (κ2) is 8.46. The Morgan fingerprint density at radius 1 is 0.821 bits per heavy atom. The minimum absolute atomic E-state index is 0.102. The molecule has 2 fully saturated rings. The van der Waals surface area contributed by atoms with Gasteiger partial charge in [-0.2, -0.15) is 0 Å². The van der Waals surface area contributed by atoms with E-state index >= 15 is 0 Å². The summed E-state index contributed by atoms with van der Waals surface area (Å²) in [6, 6.07) is 17.5. The molecule has 0 bridgehead atoms. The Balaban J connectivity index is 1.31. The topological polar surface area (TPSA) is 52.7 Å². The highest BCUT2D eigenvalue weighted by Gasteiger charge is 2.24. The van der Waals surface area contributed by atoms with Crippen LogP contribution in [0.4, 0.5) is 11.4 Å². The number of rotatable bonds is 4. The fourth-order valence-corrected chi connectivity index (χ4v) is 4.12. The van der Waals surface area contributed by atoms with Gasteiger partial charge in [0, 0.05) is 49.0 Å². The fourth-order valence-electron chi connectivity index (χ4n) is 4.12. The molecule has 0 radical (unpaired) electrons. The Morgan fingerprint density at radius 2 is 1.46 bits per heavy atom. The minimum Gasteiger partial charge on any atom is -0.368 e. The maximum Gasteiger partial charge on any atom is 0.253 e.